The zero-order chi connectivity index (χ0) is 23.5. The van der Waals surface area contributed by atoms with Crippen LogP contribution < -0.4 is 24.8 Å². The van der Waals surface area contributed by atoms with Crippen LogP contribution in [0.15, 0.2) is 97.1 Å². The van der Waals surface area contributed by atoms with Gasteiger partial charge in [0.2, 0.25) is 0 Å². The van der Waals surface area contributed by atoms with Gasteiger partial charge in [-0.05, 0) is 0 Å². The van der Waals surface area contributed by atoms with E-state index in [2.05, 4.69) is 122 Å². The van der Waals surface area contributed by atoms with Crippen LogP contribution in [0.4, 0.5) is 0 Å². The van der Waals surface area contributed by atoms with Gasteiger partial charge in [0.15, 0.2) is 0 Å². The van der Waals surface area contributed by atoms with E-state index >= 15 is 0 Å². The molecule has 0 radical (unpaired) electrons. The van der Waals surface area contributed by atoms with Crippen LogP contribution in [0.2, 0.25) is 13.1 Å². The smallest absolute Gasteiger partial charge is 1.00 e. The Morgan fingerprint density at radius 1 is 0.541 bits per heavy atom. The van der Waals surface area contributed by atoms with E-state index in [9.17, 15) is 0 Å². The van der Waals surface area contributed by atoms with Gasteiger partial charge in [-0.15, -0.1) is 0 Å². The second-order valence-corrected chi connectivity index (χ2v) is 31.1. The number of allylic oxidation sites excluding steroid dienone is 2. The first-order valence-corrected chi connectivity index (χ1v) is 24.0. The van der Waals surface area contributed by atoms with Crippen molar-refractivity contribution in [2.24, 2.45) is 0 Å². The summed E-state index contributed by atoms with van der Waals surface area (Å²) in [5.41, 5.74) is 15.1. The third-order valence-corrected chi connectivity index (χ3v) is 21.8. The van der Waals surface area contributed by atoms with E-state index in [-0.39, 0.29) is 24.8 Å². The van der Waals surface area contributed by atoms with Gasteiger partial charge in [0.05, 0.1) is 0 Å². The molecule has 0 aliphatic heterocycles. The number of rotatable bonds is 4. The summed E-state index contributed by atoms with van der Waals surface area (Å²) in [5, 5.41) is 0. The Labute approximate surface area is 244 Å². The van der Waals surface area contributed by atoms with Crippen molar-refractivity contribution >= 4 is 18.1 Å². The molecule has 0 amide bonds. The van der Waals surface area contributed by atoms with Gasteiger partial charge in [-0.3, -0.25) is 0 Å². The molecule has 0 spiro atoms. The zero-order valence-electron chi connectivity index (χ0n) is 21.0. The van der Waals surface area contributed by atoms with Crippen LogP contribution in [0.5, 0.6) is 0 Å². The van der Waals surface area contributed by atoms with Crippen molar-refractivity contribution in [3.05, 3.63) is 142 Å². The zero-order valence-corrected chi connectivity index (χ0v) is 27.2. The topological polar surface area (TPSA) is 0 Å². The Balaban J connectivity index is 0.00000140. The standard InChI is InChI=1S/C31H21.C2H7Si.2ClH.Hf/c1-4-10-23-20(7-1)13-15-26(23)29-18-17-27-25-12-6-3-9-22(25)19-30(27)31(29)28-16-14-21-8-2-5-11-24(21)28;1-3-2;;;/h1-19,26,28H;3H,1-2H3;2*1H;/q;;;;+2/p-2. The summed E-state index contributed by atoms with van der Waals surface area (Å²) in [4.78, 5) is 0. The summed E-state index contributed by atoms with van der Waals surface area (Å²) in [7, 11) is 0. The molecular weight excluding hydrogens is 674 g/mol. The molecule has 0 fully saturated rings. The second kappa shape index (κ2) is 10.7. The van der Waals surface area contributed by atoms with Crippen molar-refractivity contribution < 1.29 is 46.9 Å². The molecule has 0 heterocycles. The molecule has 4 aromatic rings. The monoisotopic (exact) mass is 702 g/mol. The van der Waals surface area contributed by atoms with Crippen molar-refractivity contribution in [1.82, 2.24) is 0 Å². The van der Waals surface area contributed by atoms with E-state index in [1.165, 1.54) is 38.9 Å². The number of benzene rings is 4. The minimum Gasteiger partial charge on any atom is -1.00 e. The summed E-state index contributed by atoms with van der Waals surface area (Å²) in [6.45, 7) is 5.18. The predicted molar refractivity (Wildman–Crippen MR) is 147 cm³/mol. The fourth-order valence-corrected chi connectivity index (χ4v) is 20.4. The molecule has 3 aliphatic carbocycles. The average Bonchev–Trinajstić information content (AvgIpc) is 3.58. The molecule has 3 atom stereocenters. The third-order valence-electron chi connectivity index (χ3n) is 7.92. The van der Waals surface area contributed by atoms with Crippen LogP contribution in [-0.2, 0) is 22.1 Å². The molecule has 0 bridgehead atoms. The van der Waals surface area contributed by atoms with Crippen LogP contribution >= 0.6 is 0 Å². The Bertz CT molecular complexity index is 1540. The minimum atomic E-state index is -0.832. The Hall–Kier alpha value is -1.97. The number of halogens is 2. The predicted octanol–water partition coefficient (Wildman–Crippen LogP) is 2.15. The first-order chi connectivity index (χ1) is 17.2. The van der Waals surface area contributed by atoms with Crippen LogP contribution in [-0.4, -0.2) is 5.98 Å². The van der Waals surface area contributed by atoms with E-state index in [0.717, 1.165) is 0 Å². The van der Waals surface area contributed by atoms with Gasteiger partial charge in [-0.2, -0.15) is 0 Å². The molecule has 0 N–H and O–H groups in total. The molecule has 0 saturated carbocycles. The molecule has 4 aromatic carbocycles. The van der Waals surface area contributed by atoms with Crippen LogP contribution in [0.25, 0.3) is 23.3 Å². The largest absolute Gasteiger partial charge is 1.00 e. The SMILES string of the molecule is C[SiH](C)[Hf+2][CH]1c2ccccc2-c2ccc(C3C=Cc4ccccc43)c(C3C=Cc4ccccc43)c21.[Cl-].[Cl-]. The first-order valence-electron chi connectivity index (χ1n) is 12.8. The average molecular weight is 702 g/mol. The number of hydrogen-bond acceptors (Lipinski definition) is 0. The van der Waals surface area contributed by atoms with Crippen LogP contribution in [0.1, 0.15) is 60.0 Å². The summed E-state index contributed by atoms with van der Waals surface area (Å²) in [6, 6.07) is 32.3. The van der Waals surface area contributed by atoms with Gasteiger partial charge in [0, 0.05) is 0 Å². The molecule has 0 saturated heterocycles. The molecule has 7 rings (SSSR count). The molecule has 0 nitrogen and oxygen atoms in total. The van der Waals surface area contributed by atoms with Gasteiger partial charge >= 0.3 is 222 Å². The van der Waals surface area contributed by atoms with Crippen LogP contribution in [0, 0.1) is 0 Å². The van der Waals surface area contributed by atoms with Gasteiger partial charge in [0.25, 0.3) is 0 Å². The van der Waals surface area contributed by atoms with E-state index in [1.54, 1.807) is 16.7 Å². The number of hydrogen-bond donors (Lipinski definition) is 0. The molecule has 0 aromatic heterocycles. The molecule has 37 heavy (non-hydrogen) atoms. The maximum absolute atomic E-state index is 2.59. The van der Waals surface area contributed by atoms with E-state index < -0.39 is 28.1 Å². The summed E-state index contributed by atoms with van der Waals surface area (Å²) < 4.78 is 0.699. The molecule has 3 aliphatic rings. The third kappa shape index (κ3) is 4.31. The molecule has 4 heteroatoms. The minimum absolute atomic E-state index is 0. The van der Waals surface area contributed by atoms with Crippen LogP contribution in [0.3, 0.4) is 0 Å². The van der Waals surface area contributed by atoms with E-state index in [4.69, 9.17) is 0 Å². The summed E-state index contributed by atoms with van der Waals surface area (Å²) in [6.07, 6.45) is 9.62. The van der Waals surface area contributed by atoms with E-state index in [0.29, 0.717) is 15.5 Å². The molecule has 182 valence electrons. The normalized spacial score (nSPS) is 19.4. The van der Waals surface area contributed by atoms with Crippen molar-refractivity contribution in [1.29, 1.82) is 0 Å². The van der Waals surface area contributed by atoms with Crippen molar-refractivity contribution in [3.63, 3.8) is 0 Å². The maximum Gasteiger partial charge on any atom is -1.00 e. The van der Waals surface area contributed by atoms with Crippen molar-refractivity contribution in [2.75, 3.05) is 0 Å². The summed E-state index contributed by atoms with van der Waals surface area (Å²) in [5.74, 6) is 0.0770. The maximum atomic E-state index is 2.59. The molecule has 3 unspecified atom stereocenters. The fourth-order valence-electron chi connectivity index (χ4n) is 6.50. The van der Waals surface area contributed by atoms with E-state index in [1.807, 2.05) is 0 Å². The van der Waals surface area contributed by atoms with Crippen molar-refractivity contribution in [2.45, 2.75) is 28.6 Å². The first kappa shape index (κ1) is 26.6. The van der Waals surface area contributed by atoms with Gasteiger partial charge < -0.3 is 24.8 Å². The molecular formula is C33H28Cl2HfSi. The Kier molecular flexibility index (Phi) is 7.67. The Morgan fingerprint density at radius 2 is 1.11 bits per heavy atom. The quantitative estimate of drug-likeness (QED) is 0.287. The van der Waals surface area contributed by atoms with Gasteiger partial charge in [-0.1, -0.05) is 0 Å². The number of fused-ring (bicyclic) bond motifs is 5. The van der Waals surface area contributed by atoms with Crippen molar-refractivity contribution in [3.8, 4) is 11.1 Å². The summed E-state index contributed by atoms with van der Waals surface area (Å²) >= 11 is -0.832. The fraction of sp³-hybridized carbons (Fsp3) is 0.152. The second-order valence-electron chi connectivity index (χ2n) is 10.3. The van der Waals surface area contributed by atoms with Gasteiger partial charge in [0.1, 0.15) is 0 Å². The van der Waals surface area contributed by atoms with Gasteiger partial charge in [-0.25, -0.2) is 0 Å². The Morgan fingerprint density at radius 3 is 1.78 bits per heavy atom.